The molecule has 2 heteroatoms. The Hall–Kier alpha value is -1.83. The smallest absolute Gasteiger partial charge is 0.152 e. The number of rotatable bonds is 3. The molecule has 0 radical (unpaired) electrons. The van der Waals surface area contributed by atoms with Gasteiger partial charge in [0.05, 0.1) is 0 Å². The van der Waals surface area contributed by atoms with Gasteiger partial charge in [0.1, 0.15) is 0 Å². The largest absolute Gasteiger partial charge is 0.317 e. The van der Waals surface area contributed by atoms with Crippen LogP contribution in [0.25, 0.3) is 5.69 Å². The molecule has 1 aromatic carbocycles. The zero-order valence-corrected chi connectivity index (χ0v) is 12.4. The van der Waals surface area contributed by atoms with Crippen LogP contribution >= 0.6 is 0 Å². The molecule has 0 spiro atoms. The molecule has 0 aliphatic rings. The lowest BCUT2D eigenvalue weighted by Gasteiger charge is -2.14. The first-order chi connectivity index (χ1) is 9.02. The molecule has 1 heterocycles. The quantitative estimate of drug-likeness (QED) is 0.757. The minimum atomic E-state index is 0.848. The van der Waals surface area contributed by atoms with E-state index in [2.05, 4.69) is 50.5 Å². The monoisotopic (exact) mass is 255 g/mol. The number of carbonyl (C=O) groups is 1. The van der Waals surface area contributed by atoms with Crippen LogP contribution in [-0.2, 0) is 6.42 Å². The fraction of sp³-hybridized carbons (Fsp3) is 0.353. The van der Waals surface area contributed by atoms with Crippen molar-refractivity contribution in [3.05, 3.63) is 51.8 Å². The molecule has 0 aliphatic heterocycles. The van der Waals surface area contributed by atoms with Gasteiger partial charge in [-0.25, -0.2) is 0 Å². The molecule has 100 valence electrons. The van der Waals surface area contributed by atoms with E-state index in [-0.39, 0.29) is 0 Å². The fourth-order valence-electron chi connectivity index (χ4n) is 2.86. The van der Waals surface area contributed by atoms with Crippen molar-refractivity contribution in [2.45, 2.75) is 41.0 Å². The average molecular weight is 255 g/mol. The second kappa shape index (κ2) is 5.04. The van der Waals surface area contributed by atoms with Crippen molar-refractivity contribution in [2.24, 2.45) is 0 Å². The van der Waals surface area contributed by atoms with E-state index in [1.807, 2.05) is 6.92 Å². The third kappa shape index (κ3) is 2.01. The van der Waals surface area contributed by atoms with Gasteiger partial charge in [0.25, 0.3) is 0 Å². The molecule has 0 bridgehead atoms. The van der Waals surface area contributed by atoms with E-state index in [1.54, 1.807) is 0 Å². The summed E-state index contributed by atoms with van der Waals surface area (Å²) in [5.41, 5.74) is 7.94. The van der Waals surface area contributed by atoms with E-state index in [0.717, 1.165) is 29.5 Å². The Bertz CT molecular complexity index is 635. The van der Waals surface area contributed by atoms with Crippen LogP contribution < -0.4 is 0 Å². The summed E-state index contributed by atoms with van der Waals surface area (Å²) in [6.45, 7) is 10.5. The average Bonchev–Trinajstić information content (AvgIpc) is 2.63. The van der Waals surface area contributed by atoms with E-state index < -0.39 is 0 Å². The summed E-state index contributed by atoms with van der Waals surface area (Å²) in [7, 11) is 0. The molecule has 0 amide bonds. The molecule has 0 atom stereocenters. The Morgan fingerprint density at radius 3 is 2.32 bits per heavy atom. The van der Waals surface area contributed by atoms with Crippen molar-refractivity contribution in [1.82, 2.24) is 4.57 Å². The number of hydrogen-bond acceptors (Lipinski definition) is 1. The first-order valence-corrected chi connectivity index (χ1v) is 6.75. The minimum absolute atomic E-state index is 0.848. The second-order valence-electron chi connectivity index (χ2n) is 5.09. The Balaban J connectivity index is 2.80. The number of carbonyl (C=O) groups excluding carboxylic acids is 1. The number of aldehydes is 1. The van der Waals surface area contributed by atoms with Gasteiger partial charge in [-0.3, -0.25) is 4.79 Å². The van der Waals surface area contributed by atoms with Gasteiger partial charge >= 0.3 is 0 Å². The highest BCUT2D eigenvalue weighted by atomic mass is 16.1. The molecule has 19 heavy (non-hydrogen) atoms. The van der Waals surface area contributed by atoms with Gasteiger partial charge in [0, 0.05) is 22.6 Å². The lowest BCUT2D eigenvalue weighted by molar-refractivity contribution is 0.112. The first kappa shape index (κ1) is 13.6. The van der Waals surface area contributed by atoms with Gasteiger partial charge in [-0.2, -0.15) is 0 Å². The molecule has 0 saturated carbocycles. The lowest BCUT2D eigenvalue weighted by Crippen LogP contribution is -2.03. The summed E-state index contributed by atoms with van der Waals surface area (Å²) >= 11 is 0. The minimum Gasteiger partial charge on any atom is -0.317 e. The molecular formula is C17H21NO. The first-order valence-electron chi connectivity index (χ1n) is 6.75. The molecule has 0 aliphatic carbocycles. The van der Waals surface area contributed by atoms with Crippen LogP contribution in [0.3, 0.4) is 0 Å². The van der Waals surface area contributed by atoms with Gasteiger partial charge in [-0.05, 0) is 56.9 Å². The summed E-state index contributed by atoms with van der Waals surface area (Å²) in [5, 5.41) is 0. The summed E-state index contributed by atoms with van der Waals surface area (Å²) in [6.07, 6.45) is 1.88. The Kier molecular flexibility index (Phi) is 3.61. The number of nitrogens with zero attached hydrogens (tertiary/aromatic N) is 1. The van der Waals surface area contributed by atoms with Crippen molar-refractivity contribution in [3.63, 3.8) is 0 Å². The standard InChI is InChI=1S/C17H21NO/c1-6-15-13(4)18(14(5)16(15)10-19)17-9-7-8-11(2)12(17)3/h7-10H,6H2,1-5H3. The zero-order chi connectivity index (χ0) is 14.2. The summed E-state index contributed by atoms with van der Waals surface area (Å²) in [6, 6.07) is 6.31. The molecule has 0 unspecified atom stereocenters. The molecule has 2 aromatic rings. The normalized spacial score (nSPS) is 10.8. The zero-order valence-electron chi connectivity index (χ0n) is 12.4. The second-order valence-corrected chi connectivity index (χ2v) is 5.09. The molecule has 0 saturated heterocycles. The van der Waals surface area contributed by atoms with Gasteiger partial charge in [0.15, 0.2) is 6.29 Å². The van der Waals surface area contributed by atoms with Crippen LogP contribution in [0.4, 0.5) is 0 Å². The highest BCUT2D eigenvalue weighted by Crippen LogP contribution is 2.28. The van der Waals surface area contributed by atoms with Gasteiger partial charge in [0.2, 0.25) is 0 Å². The molecule has 0 N–H and O–H groups in total. The van der Waals surface area contributed by atoms with Crippen molar-refractivity contribution >= 4 is 6.29 Å². The fourth-order valence-corrected chi connectivity index (χ4v) is 2.86. The van der Waals surface area contributed by atoms with E-state index in [4.69, 9.17) is 0 Å². The highest BCUT2D eigenvalue weighted by Gasteiger charge is 2.17. The summed E-state index contributed by atoms with van der Waals surface area (Å²) in [4.78, 5) is 11.3. The highest BCUT2D eigenvalue weighted by molar-refractivity contribution is 5.81. The van der Waals surface area contributed by atoms with E-state index >= 15 is 0 Å². The molecule has 1 aromatic heterocycles. The summed E-state index contributed by atoms with van der Waals surface area (Å²) < 4.78 is 2.21. The maximum Gasteiger partial charge on any atom is 0.152 e. The van der Waals surface area contributed by atoms with E-state index in [0.29, 0.717) is 0 Å². The Morgan fingerprint density at radius 2 is 1.79 bits per heavy atom. The van der Waals surface area contributed by atoms with Crippen LogP contribution in [0.2, 0.25) is 0 Å². The Morgan fingerprint density at radius 1 is 1.11 bits per heavy atom. The molecule has 2 rings (SSSR count). The predicted octanol–water partition coefficient (Wildman–Crippen LogP) is 4.09. The lowest BCUT2D eigenvalue weighted by atomic mass is 10.1. The van der Waals surface area contributed by atoms with Gasteiger partial charge < -0.3 is 4.57 Å². The molecular weight excluding hydrogens is 234 g/mol. The number of hydrogen-bond donors (Lipinski definition) is 0. The van der Waals surface area contributed by atoms with Crippen LogP contribution in [0.5, 0.6) is 0 Å². The number of aryl methyl sites for hydroxylation is 1. The van der Waals surface area contributed by atoms with Crippen molar-refractivity contribution in [3.8, 4) is 5.69 Å². The van der Waals surface area contributed by atoms with E-state index in [1.165, 1.54) is 22.5 Å². The van der Waals surface area contributed by atoms with Crippen molar-refractivity contribution in [1.29, 1.82) is 0 Å². The SMILES string of the molecule is CCc1c(C=O)c(C)n(-c2cccc(C)c2C)c1C. The molecule has 2 nitrogen and oxygen atoms in total. The maximum absolute atomic E-state index is 11.3. The Labute approximate surface area is 115 Å². The predicted molar refractivity (Wildman–Crippen MR) is 79.5 cm³/mol. The van der Waals surface area contributed by atoms with Crippen LogP contribution in [0.1, 0.15) is 45.4 Å². The van der Waals surface area contributed by atoms with Crippen LogP contribution in [0, 0.1) is 27.7 Å². The van der Waals surface area contributed by atoms with E-state index in [9.17, 15) is 4.79 Å². The number of aromatic nitrogens is 1. The van der Waals surface area contributed by atoms with Gasteiger partial charge in [-0.15, -0.1) is 0 Å². The van der Waals surface area contributed by atoms with Gasteiger partial charge in [-0.1, -0.05) is 19.1 Å². The topological polar surface area (TPSA) is 22.0 Å². The number of benzene rings is 1. The van der Waals surface area contributed by atoms with Crippen LogP contribution in [-0.4, -0.2) is 10.9 Å². The molecule has 0 fully saturated rings. The van der Waals surface area contributed by atoms with Crippen molar-refractivity contribution in [2.75, 3.05) is 0 Å². The third-order valence-corrected chi connectivity index (χ3v) is 4.11. The third-order valence-electron chi connectivity index (χ3n) is 4.11. The van der Waals surface area contributed by atoms with Crippen molar-refractivity contribution < 1.29 is 4.79 Å². The summed E-state index contributed by atoms with van der Waals surface area (Å²) in [5.74, 6) is 0. The van der Waals surface area contributed by atoms with Crippen LogP contribution in [0.15, 0.2) is 18.2 Å². The maximum atomic E-state index is 11.3.